The number of nitrogens with one attached hydrogen (secondary N) is 1. The first kappa shape index (κ1) is 17.0. The first-order chi connectivity index (χ1) is 12.1. The summed E-state index contributed by atoms with van der Waals surface area (Å²) >= 11 is 0. The zero-order chi connectivity index (χ0) is 17.8. The highest BCUT2D eigenvalue weighted by Gasteiger charge is 2.38. The molecule has 0 bridgehead atoms. The number of likely N-dealkylation sites (tertiary alicyclic amines) is 1. The normalized spacial score (nSPS) is 17.0. The van der Waals surface area contributed by atoms with Gasteiger partial charge in [-0.15, -0.1) is 0 Å². The highest BCUT2D eigenvalue weighted by Crippen LogP contribution is 2.20. The smallest absolute Gasteiger partial charge is 0.252 e. The van der Waals surface area contributed by atoms with Crippen LogP contribution in [0.15, 0.2) is 48.5 Å². The lowest BCUT2D eigenvalue weighted by Gasteiger charge is -2.16. The Labute approximate surface area is 145 Å². The summed E-state index contributed by atoms with van der Waals surface area (Å²) in [7, 11) is 1.60. The highest BCUT2D eigenvalue weighted by atomic mass is 19.1. The molecule has 0 unspecified atom stereocenters. The average Bonchev–Trinajstić information content (AvgIpc) is 2.87. The van der Waals surface area contributed by atoms with Gasteiger partial charge in [0.1, 0.15) is 17.6 Å². The minimum Gasteiger partial charge on any atom is -0.497 e. The van der Waals surface area contributed by atoms with Crippen molar-refractivity contribution in [3.63, 3.8) is 0 Å². The molecule has 1 atom stereocenters. The van der Waals surface area contributed by atoms with Crippen LogP contribution in [0.2, 0.25) is 0 Å². The number of hydrogen-bond donors (Lipinski definition) is 1. The number of nitrogens with zero attached hydrogens (tertiary/aromatic N) is 1. The fourth-order valence-corrected chi connectivity index (χ4v) is 2.84. The molecule has 1 heterocycles. The number of anilines is 1. The van der Waals surface area contributed by atoms with E-state index in [-0.39, 0.29) is 18.2 Å². The van der Waals surface area contributed by atoms with Crippen LogP contribution in [0.4, 0.5) is 10.1 Å². The average molecular weight is 342 g/mol. The molecule has 25 heavy (non-hydrogen) atoms. The lowest BCUT2D eigenvalue weighted by atomic mass is 10.1. The van der Waals surface area contributed by atoms with Crippen molar-refractivity contribution in [2.24, 2.45) is 0 Å². The Hall–Kier alpha value is -2.89. The molecule has 0 aromatic heterocycles. The third kappa shape index (κ3) is 3.96. The van der Waals surface area contributed by atoms with Gasteiger partial charge in [-0.05, 0) is 42.3 Å². The highest BCUT2D eigenvalue weighted by molar-refractivity contribution is 6.06. The van der Waals surface area contributed by atoms with Crippen LogP contribution >= 0.6 is 0 Å². The molecule has 0 saturated carbocycles. The molecule has 3 rings (SSSR count). The Morgan fingerprint density at radius 2 is 1.96 bits per heavy atom. The Bertz CT molecular complexity index is 776. The molecule has 2 aromatic carbocycles. The summed E-state index contributed by atoms with van der Waals surface area (Å²) < 4.78 is 18.3. The van der Waals surface area contributed by atoms with Gasteiger partial charge in [0, 0.05) is 12.2 Å². The fraction of sp³-hybridized carbons (Fsp3) is 0.263. The molecule has 5 nitrogen and oxygen atoms in total. The number of methoxy groups -OCH3 is 1. The minimum atomic E-state index is -0.648. The van der Waals surface area contributed by atoms with Crippen LogP contribution in [0.5, 0.6) is 5.75 Å². The van der Waals surface area contributed by atoms with E-state index >= 15 is 0 Å². The second kappa shape index (κ2) is 7.34. The predicted molar refractivity (Wildman–Crippen MR) is 91.8 cm³/mol. The van der Waals surface area contributed by atoms with Crippen molar-refractivity contribution in [3.8, 4) is 5.75 Å². The lowest BCUT2D eigenvalue weighted by molar-refractivity contribution is -0.138. The van der Waals surface area contributed by atoms with Crippen LogP contribution in [-0.4, -0.2) is 36.4 Å². The van der Waals surface area contributed by atoms with Gasteiger partial charge in [0.2, 0.25) is 5.91 Å². The SMILES string of the molecule is COc1ccc(CCN2C(=O)C[C@H](Nc3cccc(F)c3)C2=O)cc1. The van der Waals surface area contributed by atoms with E-state index in [9.17, 15) is 14.0 Å². The first-order valence-corrected chi connectivity index (χ1v) is 8.06. The lowest BCUT2D eigenvalue weighted by Crippen LogP contribution is -2.36. The standard InChI is InChI=1S/C19H19FN2O3/c1-25-16-7-5-13(6-8-16)9-10-22-18(23)12-17(19(22)24)21-15-4-2-3-14(20)11-15/h2-8,11,17,21H,9-10,12H2,1H3/t17-/m0/s1. The summed E-state index contributed by atoms with van der Waals surface area (Å²) in [5.41, 5.74) is 1.51. The molecular formula is C19H19FN2O3. The van der Waals surface area contributed by atoms with E-state index in [2.05, 4.69) is 5.32 Å². The van der Waals surface area contributed by atoms with Gasteiger partial charge in [-0.3, -0.25) is 14.5 Å². The molecule has 2 amide bonds. The number of carbonyl (C=O) groups is 2. The van der Waals surface area contributed by atoms with Crippen LogP contribution in [0.1, 0.15) is 12.0 Å². The van der Waals surface area contributed by atoms with Crippen molar-refractivity contribution < 1.29 is 18.7 Å². The number of amides is 2. The van der Waals surface area contributed by atoms with Crippen LogP contribution in [0, 0.1) is 5.82 Å². The van der Waals surface area contributed by atoms with Gasteiger partial charge in [-0.25, -0.2) is 4.39 Å². The maximum atomic E-state index is 13.2. The zero-order valence-electron chi connectivity index (χ0n) is 13.9. The second-order valence-corrected chi connectivity index (χ2v) is 5.89. The minimum absolute atomic E-state index is 0.0813. The Kier molecular flexibility index (Phi) is 4.97. The van der Waals surface area contributed by atoms with Crippen LogP contribution in [0.25, 0.3) is 0 Å². The molecule has 0 aliphatic carbocycles. The van der Waals surface area contributed by atoms with Gasteiger partial charge in [-0.2, -0.15) is 0 Å². The predicted octanol–water partition coefficient (Wildman–Crippen LogP) is 2.62. The number of rotatable bonds is 6. The molecule has 130 valence electrons. The van der Waals surface area contributed by atoms with Gasteiger partial charge in [-0.1, -0.05) is 18.2 Å². The Morgan fingerprint density at radius 3 is 2.64 bits per heavy atom. The van der Waals surface area contributed by atoms with E-state index < -0.39 is 11.9 Å². The number of imide groups is 1. The van der Waals surface area contributed by atoms with E-state index in [1.54, 1.807) is 19.2 Å². The topological polar surface area (TPSA) is 58.6 Å². The molecule has 6 heteroatoms. The van der Waals surface area contributed by atoms with E-state index in [1.165, 1.54) is 17.0 Å². The Morgan fingerprint density at radius 1 is 1.20 bits per heavy atom. The van der Waals surface area contributed by atoms with Gasteiger partial charge in [0.15, 0.2) is 0 Å². The van der Waals surface area contributed by atoms with E-state index in [1.807, 2.05) is 24.3 Å². The summed E-state index contributed by atoms with van der Waals surface area (Å²) in [6.45, 7) is 0.325. The van der Waals surface area contributed by atoms with Gasteiger partial charge >= 0.3 is 0 Å². The van der Waals surface area contributed by atoms with Gasteiger partial charge in [0.05, 0.1) is 13.5 Å². The Balaban J connectivity index is 1.60. The van der Waals surface area contributed by atoms with Crippen LogP contribution in [-0.2, 0) is 16.0 Å². The third-order valence-corrected chi connectivity index (χ3v) is 4.19. The van der Waals surface area contributed by atoms with E-state index in [0.717, 1.165) is 11.3 Å². The van der Waals surface area contributed by atoms with Crippen molar-refractivity contribution in [1.82, 2.24) is 4.90 Å². The molecule has 1 N–H and O–H groups in total. The van der Waals surface area contributed by atoms with Gasteiger partial charge < -0.3 is 10.1 Å². The third-order valence-electron chi connectivity index (χ3n) is 4.19. The van der Waals surface area contributed by atoms with Crippen molar-refractivity contribution in [2.75, 3.05) is 19.0 Å². The monoisotopic (exact) mass is 342 g/mol. The number of ether oxygens (including phenoxy) is 1. The van der Waals surface area contributed by atoms with Crippen molar-refractivity contribution in [1.29, 1.82) is 0 Å². The van der Waals surface area contributed by atoms with Crippen LogP contribution in [0.3, 0.4) is 0 Å². The quantitative estimate of drug-likeness (QED) is 0.820. The molecule has 1 fully saturated rings. The van der Waals surface area contributed by atoms with Gasteiger partial charge in [0.25, 0.3) is 5.91 Å². The largest absolute Gasteiger partial charge is 0.497 e. The van der Waals surface area contributed by atoms with Crippen LogP contribution < -0.4 is 10.1 Å². The number of hydrogen-bond acceptors (Lipinski definition) is 4. The molecular weight excluding hydrogens is 323 g/mol. The summed E-state index contributed by atoms with van der Waals surface area (Å²) in [6, 6.07) is 12.7. The van der Waals surface area contributed by atoms with Crippen molar-refractivity contribution in [3.05, 3.63) is 59.9 Å². The summed E-state index contributed by atoms with van der Waals surface area (Å²) in [4.78, 5) is 25.9. The summed E-state index contributed by atoms with van der Waals surface area (Å²) in [5, 5.41) is 2.94. The second-order valence-electron chi connectivity index (χ2n) is 5.89. The maximum Gasteiger partial charge on any atom is 0.252 e. The summed E-state index contributed by atoms with van der Waals surface area (Å²) in [6.07, 6.45) is 0.659. The molecule has 2 aromatic rings. The number of benzene rings is 2. The zero-order valence-corrected chi connectivity index (χ0v) is 13.9. The fourth-order valence-electron chi connectivity index (χ4n) is 2.84. The summed E-state index contributed by atoms with van der Waals surface area (Å²) in [5.74, 6) is -0.121. The molecule has 1 aliphatic rings. The van der Waals surface area contributed by atoms with Crippen molar-refractivity contribution in [2.45, 2.75) is 18.9 Å². The van der Waals surface area contributed by atoms with E-state index in [0.29, 0.717) is 18.7 Å². The van der Waals surface area contributed by atoms with E-state index in [4.69, 9.17) is 4.74 Å². The number of carbonyl (C=O) groups excluding carboxylic acids is 2. The first-order valence-electron chi connectivity index (χ1n) is 8.06. The number of halogens is 1. The molecule has 1 saturated heterocycles. The molecule has 1 aliphatic heterocycles. The molecule has 0 spiro atoms. The molecule has 0 radical (unpaired) electrons. The maximum absolute atomic E-state index is 13.2. The van der Waals surface area contributed by atoms with Crippen molar-refractivity contribution >= 4 is 17.5 Å².